The zero-order chi connectivity index (χ0) is 16.6. The van der Waals surface area contributed by atoms with Gasteiger partial charge in [0.05, 0.1) is 5.52 Å². The van der Waals surface area contributed by atoms with Gasteiger partial charge in [0.1, 0.15) is 17.2 Å². The summed E-state index contributed by atoms with van der Waals surface area (Å²) in [5, 5.41) is 2.75. The number of aromatic nitrogens is 2. The fourth-order valence-corrected chi connectivity index (χ4v) is 2.42. The zero-order valence-electron chi connectivity index (χ0n) is 12.6. The maximum Gasteiger partial charge on any atom is 0.262 e. The molecule has 1 aromatic carbocycles. The third kappa shape index (κ3) is 2.83. The Labute approximate surface area is 131 Å². The van der Waals surface area contributed by atoms with Crippen molar-refractivity contribution >= 4 is 22.6 Å². The molecule has 1 N–H and O–H groups in total. The number of nitrogens with zero attached hydrogens (tertiary/aromatic N) is 2. The summed E-state index contributed by atoms with van der Waals surface area (Å²) in [7, 11) is 1.70. The number of carbonyl (C=O) groups is 1. The van der Waals surface area contributed by atoms with Gasteiger partial charge in [-0.05, 0) is 37.3 Å². The smallest absolute Gasteiger partial charge is 0.262 e. The molecule has 6 heteroatoms. The molecule has 116 valence electrons. The highest BCUT2D eigenvalue weighted by Gasteiger charge is 2.15. The van der Waals surface area contributed by atoms with E-state index in [1.54, 1.807) is 36.7 Å². The van der Waals surface area contributed by atoms with Crippen LogP contribution in [-0.4, -0.2) is 15.5 Å². The summed E-state index contributed by atoms with van der Waals surface area (Å²) in [6.45, 7) is 1.80. The number of rotatable bonds is 2. The van der Waals surface area contributed by atoms with Crippen molar-refractivity contribution in [2.24, 2.45) is 7.05 Å². The molecule has 2 aromatic heterocycles. The Balaban J connectivity index is 2.07. The first-order valence-electron chi connectivity index (χ1n) is 6.99. The van der Waals surface area contributed by atoms with E-state index in [-0.39, 0.29) is 10.9 Å². The molecule has 0 spiro atoms. The minimum atomic E-state index is -0.574. The lowest BCUT2D eigenvalue weighted by Crippen LogP contribution is -2.24. The predicted molar refractivity (Wildman–Crippen MR) is 86.1 cm³/mol. The number of hydrogen-bond acceptors (Lipinski definition) is 3. The van der Waals surface area contributed by atoms with Crippen LogP contribution < -0.4 is 10.7 Å². The molecule has 0 fully saturated rings. The zero-order valence-corrected chi connectivity index (χ0v) is 12.6. The minimum Gasteiger partial charge on any atom is -0.350 e. The van der Waals surface area contributed by atoms with Crippen molar-refractivity contribution in [2.45, 2.75) is 6.92 Å². The van der Waals surface area contributed by atoms with Gasteiger partial charge < -0.3 is 9.88 Å². The monoisotopic (exact) mass is 311 g/mol. The van der Waals surface area contributed by atoms with Gasteiger partial charge >= 0.3 is 0 Å². The van der Waals surface area contributed by atoms with Gasteiger partial charge in [0.2, 0.25) is 5.43 Å². The topological polar surface area (TPSA) is 64.0 Å². The Morgan fingerprint density at radius 1 is 1.26 bits per heavy atom. The molecule has 0 atom stereocenters. The molecule has 2 heterocycles. The second-order valence-corrected chi connectivity index (χ2v) is 5.26. The van der Waals surface area contributed by atoms with Crippen LogP contribution in [0.15, 0.2) is 47.4 Å². The molecular formula is C17H14FN3O2. The SMILES string of the molecule is Cc1cccc(NC(=O)c2cn(C)c3ccc(F)cc3c2=O)n1. The molecule has 0 aliphatic heterocycles. The Morgan fingerprint density at radius 3 is 2.78 bits per heavy atom. The van der Waals surface area contributed by atoms with Crippen LogP contribution in [0.25, 0.3) is 10.9 Å². The maximum atomic E-state index is 13.4. The van der Waals surface area contributed by atoms with E-state index in [4.69, 9.17) is 0 Å². The number of hydrogen-bond donors (Lipinski definition) is 1. The largest absolute Gasteiger partial charge is 0.350 e. The second-order valence-electron chi connectivity index (χ2n) is 5.26. The van der Waals surface area contributed by atoms with E-state index >= 15 is 0 Å². The highest BCUT2D eigenvalue weighted by Crippen LogP contribution is 2.13. The van der Waals surface area contributed by atoms with E-state index < -0.39 is 17.2 Å². The Morgan fingerprint density at radius 2 is 2.04 bits per heavy atom. The second kappa shape index (κ2) is 5.64. The maximum absolute atomic E-state index is 13.4. The van der Waals surface area contributed by atoms with Crippen molar-refractivity contribution in [2.75, 3.05) is 5.32 Å². The van der Waals surface area contributed by atoms with E-state index in [0.29, 0.717) is 11.3 Å². The summed E-state index contributed by atoms with van der Waals surface area (Å²) in [5.41, 5.74) is 0.731. The molecule has 23 heavy (non-hydrogen) atoms. The standard InChI is InChI=1S/C17H14FN3O2/c1-10-4-3-5-15(19-10)20-17(23)13-9-21(2)14-7-6-11(18)8-12(14)16(13)22/h3-9H,1-2H3,(H,19,20,23). The number of pyridine rings is 2. The van der Waals surface area contributed by atoms with Crippen LogP contribution >= 0.6 is 0 Å². The van der Waals surface area contributed by atoms with Crippen molar-refractivity contribution in [1.82, 2.24) is 9.55 Å². The van der Waals surface area contributed by atoms with E-state index in [1.165, 1.54) is 18.3 Å². The van der Waals surface area contributed by atoms with E-state index in [9.17, 15) is 14.0 Å². The molecule has 3 rings (SSSR count). The van der Waals surface area contributed by atoms with Gasteiger partial charge in [-0.25, -0.2) is 9.37 Å². The number of aryl methyl sites for hydroxylation is 2. The lowest BCUT2D eigenvalue weighted by molar-refractivity contribution is 0.102. The van der Waals surface area contributed by atoms with Crippen LogP contribution in [-0.2, 0) is 7.05 Å². The number of carbonyl (C=O) groups excluding carboxylic acids is 1. The van der Waals surface area contributed by atoms with Crippen LogP contribution in [0, 0.1) is 12.7 Å². The lowest BCUT2D eigenvalue weighted by atomic mass is 10.1. The van der Waals surface area contributed by atoms with Crippen LogP contribution in [0.5, 0.6) is 0 Å². The van der Waals surface area contributed by atoms with E-state index in [2.05, 4.69) is 10.3 Å². The molecule has 0 saturated carbocycles. The van der Waals surface area contributed by atoms with Crippen molar-refractivity contribution in [1.29, 1.82) is 0 Å². The van der Waals surface area contributed by atoms with Crippen molar-refractivity contribution in [3.63, 3.8) is 0 Å². The first-order valence-corrected chi connectivity index (χ1v) is 6.99. The third-order valence-corrected chi connectivity index (χ3v) is 3.53. The van der Waals surface area contributed by atoms with Gasteiger partial charge in [-0.15, -0.1) is 0 Å². The quantitative estimate of drug-likeness (QED) is 0.791. The predicted octanol–water partition coefficient (Wildman–Crippen LogP) is 2.63. The molecule has 0 saturated heterocycles. The summed E-state index contributed by atoms with van der Waals surface area (Å²) < 4.78 is 15.0. The number of anilines is 1. The number of fused-ring (bicyclic) bond motifs is 1. The van der Waals surface area contributed by atoms with E-state index in [1.807, 2.05) is 0 Å². The summed E-state index contributed by atoms with van der Waals surface area (Å²) in [4.78, 5) is 29.0. The van der Waals surface area contributed by atoms with Gasteiger partial charge in [0.15, 0.2) is 0 Å². The summed E-state index contributed by atoms with van der Waals surface area (Å²) in [5.74, 6) is -0.737. The fraction of sp³-hybridized carbons (Fsp3) is 0.118. The number of nitrogens with one attached hydrogen (secondary N) is 1. The van der Waals surface area contributed by atoms with Crippen LogP contribution in [0.3, 0.4) is 0 Å². The van der Waals surface area contributed by atoms with E-state index in [0.717, 1.165) is 11.8 Å². The first-order chi connectivity index (χ1) is 11.0. The van der Waals surface area contributed by atoms with Crippen LogP contribution in [0.2, 0.25) is 0 Å². The Hall–Kier alpha value is -3.02. The molecule has 0 aliphatic carbocycles. The normalized spacial score (nSPS) is 10.7. The number of benzene rings is 1. The van der Waals surface area contributed by atoms with Gasteiger partial charge in [-0.1, -0.05) is 6.07 Å². The molecule has 5 nitrogen and oxygen atoms in total. The average Bonchev–Trinajstić information content (AvgIpc) is 2.50. The van der Waals surface area contributed by atoms with Crippen LogP contribution in [0.4, 0.5) is 10.2 Å². The molecule has 1 amide bonds. The van der Waals surface area contributed by atoms with Crippen molar-refractivity contribution < 1.29 is 9.18 Å². The molecule has 3 aromatic rings. The highest BCUT2D eigenvalue weighted by atomic mass is 19.1. The molecule has 0 aliphatic rings. The number of amides is 1. The minimum absolute atomic E-state index is 0.0612. The van der Waals surface area contributed by atoms with Crippen molar-refractivity contribution in [3.8, 4) is 0 Å². The molecular weight excluding hydrogens is 297 g/mol. The summed E-state index contributed by atoms with van der Waals surface area (Å²) in [6.07, 6.45) is 1.44. The molecule has 0 radical (unpaired) electrons. The third-order valence-electron chi connectivity index (χ3n) is 3.53. The molecule has 0 unspecified atom stereocenters. The average molecular weight is 311 g/mol. The fourth-order valence-electron chi connectivity index (χ4n) is 2.42. The van der Waals surface area contributed by atoms with Crippen LogP contribution in [0.1, 0.15) is 16.1 Å². The summed E-state index contributed by atoms with van der Waals surface area (Å²) >= 11 is 0. The van der Waals surface area contributed by atoms with Gasteiger partial charge in [0.25, 0.3) is 5.91 Å². The summed E-state index contributed by atoms with van der Waals surface area (Å²) in [6, 6.07) is 9.11. The lowest BCUT2D eigenvalue weighted by Gasteiger charge is -2.09. The van der Waals surface area contributed by atoms with Gasteiger partial charge in [-0.3, -0.25) is 9.59 Å². The Kier molecular flexibility index (Phi) is 3.65. The van der Waals surface area contributed by atoms with Crippen molar-refractivity contribution in [3.05, 3.63) is 69.9 Å². The molecule has 0 bridgehead atoms. The Bertz CT molecular complexity index is 979. The van der Waals surface area contributed by atoms with Gasteiger partial charge in [0, 0.05) is 24.3 Å². The van der Waals surface area contributed by atoms with Gasteiger partial charge in [-0.2, -0.15) is 0 Å². The number of halogens is 1. The highest BCUT2D eigenvalue weighted by molar-refractivity contribution is 6.05. The first kappa shape index (κ1) is 14.9.